The zero-order valence-electron chi connectivity index (χ0n) is 18.4. The third kappa shape index (κ3) is 4.06. The minimum atomic E-state index is -3.92. The number of carbonyl (C=O) groups excluding carboxylic acids is 1. The van der Waals surface area contributed by atoms with Crippen LogP contribution >= 0.6 is 0 Å². The van der Waals surface area contributed by atoms with E-state index in [2.05, 4.69) is 26.1 Å². The summed E-state index contributed by atoms with van der Waals surface area (Å²) in [5, 5.41) is 4.10. The quantitative estimate of drug-likeness (QED) is 0.558. The number of rotatable bonds is 6. The minimum absolute atomic E-state index is 0.0857. The van der Waals surface area contributed by atoms with Crippen molar-refractivity contribution in [3.8, 4) is 0 Å². The normalized spacial score (nSPS) is 19.7. The van der Waals surface area contributed by atoms with Crippen LogP contribution in [0.2, 0.25) is 0 Å². The SMILES string of the molecule is CC(C)(C)CCC1(C(=O)c2cc3ccccc3n2S(=O)(=O)c2ccccc2)CCNC1. The van der Waals surface area contributed by atoms with Crippen LogP contribution in [0.4, 0.5) is 0 Å². The molecule has 1 fully saturated rings. The lowest BCUT2D eigenvalue weighted by molar-refractivity contribution is 0.0777. The summed E-state index contributed by atoms with van der Waals surface area (Å²) in [6.45, 7) is 7.86. The average molecular weight is 439 g/mol. The predicted molar refractivity (Wildman–Crippen MR) is 124 cm³/mol. The van der Waals surface area contributed by atoms with Crippen LogP contribution in [-0.2, 0) is 10.0 Å². The Morgan fingerprint density at radius 2 is 1.74 bits per heavy atom. The summed E-state index contributed by atoms with van der Waals surface area (Å²) in [6, 6.07) is 17.4. The minimum Gasteiger partial charge on any atom is -0.316 e. The number of para-hydroxylation sites is 1. The molecule has 0 radical (unpaired) electrons. The number of nitrogens with zero attached hydrogens (tertiary/aromatic N) is 1. The first kappa shape index (κ1) is 21.8. The second-order valence-electron chi connectivity index (χ2n) is 9.77. The molecule has 0 saturated carbocycles. The predicted octanol–water partition coefficient (Wildman–Crippen LogP) is 4.87. The van der Waals surface area contributed by atoms with Gasteiger partial charge in [-0.25, -0.2) is 12.4 Å². The maximum Gasteiger partial charge on any atom is 0.268 e. The molecule has 1 N–H and O–H groups in total. The van der Waals surface area contributed by atoms with Gasteiger partial charge in [-0.1, -0.05) is 57.2 Å². The molecule has 1 aromatic heterocycles. The summed E-state index contributed by atoms with van der Waals surface area (Å²) >= 11 is 0. The number of carbonyl (C=O) groups is 1. The van der Waals surface area contributed by atoms with E-state index in [9.17, 15) is 13.2 Å². The Morgan fingerprint density at radius 3 is 2.39 bits per heavy atom. The first-order valence-corrected chi connectivity index (χ1v) is 12.2. The van der Waals surface area contributed by atoms with E-state index in [1.165, 1.54) is 3.97 Å². The van der Waals surface area contributed by atoms with Crippen molar-refractivity contribution < 1.29 is 13.2 Å². The fourth-order valence-electron chi connectivity index (χ4n) is 4.40. The van der Waals surface area contributed by atoms with E-state index in [-0.39, 0.29) is 21.8 Å². The summed E-state index contributed by atoms with van der Waals surface area (Å²) in [4.78, 5) is 14.2. The van der Waals surface area contributed by atoms with Crippen molar-refractivity contribution in [1.82, 2.24) is 9.29 Å². The third-order valence-corrected chi connectivity index (χ3v) is 8.00. The van der Waals surface area contributed by atoms with E-state index in [4.69, 9.17) is 0 Å². The Balaban J connectivity index is 1.88. The number of hydrogen-bond acceptors (Lipinski definition) is 4. The van der Waals surface area contributed by atoms with E-state index in [0.29, 0.717) is 12.1 Å². The van der Waals surface area contributed by atoms with Gasteiger partial charge in [-0.2, -0.15) is 0 Å². The van der Waals surface area contributed by atoms with Crippen LogP contribution in [0.25, 0.3) is 10.9 Å². The van der Waals surface area contributed by atoms with Gasteiger partial charge in [-0.15, -0.1) is 0 Å². The summed E-state index contributed by atoms with van der Waals surface area (Å²) in [5.41, 5.74) is 0.291. The van der Waals surface area contributed by atoms with Crippen molar-refractivity contribution >= 4 is 26.7 Å². The molecule has 31 heavy (non-hydrogen) atoms. The molecule has 164 valence electrons. The highest BCUT2D eigenvalue weighted by atomic mass is 32.2. The molecular formula is C25H30N2O3S. The maximum absolute atomic E-state index is 14.0. The smallest absolute Gasteiger partial charge is 0.268 e. The summed E-state index contributed by atoms with van der Waals surface area (Å²) in [7, 11) is -3.92. The number of fused-ring (bicyclic) bond motifs is 1. The molecule has 2 aromatic carbocycles. The van der Waals surface area contributed by atoms with Gasteiger partial charge in [-0.05, 0) is 55.5 Å². The van der Waals surface area contributed by atoms with Gasteiger partial charge < -0.3 is 5.32 Å². The maximum atomic E-state index is 14.0. The molecule has 1 unspecified atom stereocenters. The van der Waals surface area contributed by atoms with Gasteiger partial charge >= 0.3 is 0 Å². The highest BCUT2D eigenvalue weighted by Gasteiger charge is 2.44. The van der Waals surface area contributed by atoms with Crippen LogP contribution in [0, 0.1) is 10.8 Å². The van der Waals surface area contributed by atoms with Gasteiger partial charge in [0.25, 0.3) is 10.0 Å². The summed E-state index contributed by atoms with van der Waals surface area (Å²) < 4.78 is 28.6. The zero-order chi connectivity index (χ0) is 22.3. The van der Waals surface area contributed by atoms with Gasteiger partial charge in [0.1, 0.15) is 5.69 Å². The number of benzene rings is 2. The summed E-state index contributed by atoms with van der Waals surface area (Å²) in [6.07, 6.45) is 2.34. The highest BCUT2D eigenvalue weighted by Crippen LogP contribution is 2.40. The lowest BCUT2D eigenvalue weighted by Crippen LogP contribution is -2.36. The fraction of sp³-hybridized carbons (Fsp3) is 0.400. The third-order valence-electron chi connectivity index (χ3n) is 6.26. The van der Waals surface area contributed by atoms with Gasteiger partial charge in [0.2, 0.25) is 0 Å². The number of nitrogens with one attached hydrogen (secondary N) is 1. The lowest BCUT2D eigenvalue weighted by atomic mass is 9.73. The van der Waals surface area contributed by atoms with Gasteiger partial charge in [-0.3, -0.25) is 4.79 Å². The van der Waals surface area contributed by atoms with Crippen molar-refractivity contribution in [2.75, 3.05) is 13.1 Å². The lowest BCUT2D eigenvalue weighted by Gasteiger charge is -2.30. The van der Waals surface area contributed by atoms with Crippen LogP contribution < -0.4 is 5.32 Å². The Bertz CT molecular complexity index is 1200. The molecule has 0 spiro atoms. The molecule has 0 amide bonds. The van der Waals surface area contributed by atoms with E-state index >= 15 is 0 Å². The monoisotopic (exact) mass is 438 g/mol. The molecule has 4 rings (SSSR count). The standard InChI is InChI=1S/C25H30N2O3S/c1-24(2,3)13-14-25(15-16-26-18-25)23(28)22-17-19-9-7-8-12-21(19)27(22)31(29,30)20-10-5-4-6-11-20/h4-12,17,26H,13-16,18H2,1-3H3. The molecule has 1 aliphatic heterocycles. The van der Waals surface area contributed by atoms with Crippen molar-refractivity contribution in [2.45, 2.75) is 44.9 Å². The molecule has 5 nitrogen and oxygen atoms in total. The Labute approximate surface area is 184 Å². The van der Waals surface area contributed by atoms with Crippen LogP contribution in [0.15, 0.2) is 65.6 Å². The second-order valence-corrected chi connectivity index (χ2v) is 11.6. The van der Waals surface area contributed by atoms with Gasteiger partial charge in [0, 0.05) is 17.3 Å². The number of hydrogen-bond donors (Lipinski definition) is 1. The number of Topliss-reactive ketones (excluding diaryl/α,β-unsaturated/α-hetero) is 1. The molecular weight excluding hydrogens is 408 g/mol. The molecule has 0 aliphatic carbocycles. The largest absolute Gasteiger partial charge is 0.316 e. The first-order valence-electron chi connectivity index (χ1n) is 10.8. The van der Waals surface area contributed by atoms with E-state index in [1.807, 2.05) is 12.1 Å². The van der Waals surface area contributed by atoms with Crippen molar-refractivity contribution in [3.05, 3.63) is 66.4 Å². The molecule has 1 atom stereocenters. The van der Waals surface area contributed by atoms with Crippen molar-refractivity contribution in [3.63, 3.8) is 0 Å². The Hall–Kier alpha value is -2.44. The number of ketones is 1. The van der Waals surface area contributed by atoms with E-state index in [0.717, 1.165) is 31.2 Å². The van der Waals surface area contributed by atoms with Crippen LogP contribution in [-0.4, -0.2) is 31.3 Å². The van der Waals surface area contributed by atoms with Crippen molar-refractivity contribution in [2.24, 2.45) is 10.8 Å². The topological polar surface area (TPSA) is 68.2 Å². The van der Waals surface area contributed by atoms with E-state index < -0.39 is 15.4 Å². The Morgan fingerprint density at radius 1 is 1.06 bits per heavy atom. The first-order chi connectivity index (χ1) is 14.6. The van der Waals surface area contributed by atoms with Crippen LogP contribution in [0.1, 0.15) is 50.5 Å². The van der Waals surface area contributed by atoms with Gasteiger partial charge in [0.05, 0.1) is 10.4 Å². The molecule has 0 bridgehead atoms. The van der Waals surface area contributed by atoms with Crippen LogP contribution in [0.5, 0.6) is 0 Å². The van der Waals surface area contributed by atoms with E-state index in [1.54, 1.807) is 48.5 Å². The molecule has 2 heterocycles. The summed E-state index contributed by atoms with van der Waals surface area (Å²) in [5.74, 6) is -0.0857. The Kier molecular flexibility index (Phi) is 5.56. The van der Waals surface area contributed by atoms with Gasteiger partial charge in [0.15, 0.2) is 5.78 Å². The fourth-order valence-corrected chi connectivity index (χ4v) is 5.93. The molecule has 6 heteroatoms. The number of aromatic nitrogens is 1. The van der Waals surface area contributed by atoms with Crippen molar-refractivity contribution in [1.29, 1.82) is 0 Å². The second kappa shape index (κ2) is 7.92. The van der Waals surface area contributed by atoms with Crippen LogP contribution in [0.3, 0.4) is 0 Å². The molecule has 3 aromatic rings. The zero-order valence-corrected chi connectivity index (χ0v) is 19.2. The highest BCUT2D eigenvalue weighted by molar-refractivity contribution is 7.90. The molecule has 1 aliphatic rings. The average Bonchev–Trinajstić information content (AvgIpc) is 3.38. The molecule has 1 saturated heterocycles.